The molecule has 1 saturated carbocycles. The predicted molar refractivity (Wildman–Crippen MR) is 79.0 cm³/mol. The van der Waals surface area contributed by atoms with Gasteiger partial charge in [-0.1, -0.05) is 19.3 Å². The zero-order chi connectivity index (χ0) is 13.7. The van der Waals surface area contributed by atoms with Crippen molar-refractivity contribution in [3.8, 4) is 0 Å². The minimum atomic E-state index is 0.415. The van der Waals surface area contributed by atoms with Gasteiger partial charge in [0.1, 0.15) is 5.76 Å². The SMILES string of the molecule is Cc1occc1CN(C)CCC1(CN)CCCCC1. The highest BCUT2D eigenvalue weighted by Crippen LogP contribution is 2.38. The molecule has 3 nitrogen and oxygen atoms in total. The van der Waals surface area contributed by atoms with Crippen LogP contribution in [0.2, 0.25) is 0 Å². The molecule has 3 heteroatoms. The fraction of sp³-hybridized carbons (Fsp3) is 0.750. The van der Waals surface area contributed by atoms with E-state index < -0.39 is 0 Å². The third-order valence-corrected chi connectivity index (χ3v) is 4.78. The van der Waals surface area contributed by atoms with Gasteiger partial charge in [-0.3, -0.25) is 0 Å². The zero-order valence-electron chi connectivity index (χ0n) is 12.5. The second kappa shape index (κ2) is 6.58. The first-order chi connectivity index (χ1) is 9.15. The molecule has 0 spiro atoms. The molecule has 2 N–H and O–H groups in total. The summed E-state index contributed by atoms with van der Waals surface area (Å²) in [6.45, 7) is 4.99. The predicted octanol–water partition coefficient (Wildman–Crippen LogP) is 3.32. The number of furan rings is 1. The van der Waals surface area contributed by atoms with Gasteiger partial charge in [0.15, 0.2) is 0 Å². The molecular formula is C16H28N2O. The van der Waals surface area contributed by atoms with E-state index in [0.717, 1.165) is 25.4 Å². The standard InChI is InChI=1S/C16H28N2O/c1-14-15(6-11-19-14)12-18(2)10-9-16(13-17)7-4-3-5-8-16/h6,11H,3-5,7-10,12-13,17H2,1-2H3. The van der Waals surface area contributed by atoms with Crippen molar-refractivity contribution in [2.24, 2.45) is 11.1 Å². The van der Waals surface area contributed by atoms with E-state index in [0.29, 0.717) is 5.41 Å². The molecule has 1 fully saturated rings. The quantitative estimate of drug-likeness (QED) is 0.857. The summed E-state index contributed by atoms with van der Waals surface area (Å²) in [6.07, 6.45) is 9.78. The molecule has 1 aliphatic carbocycles. The van der Waals surface area contributed by atoms with Crippen molar-refractivity contribution in [3.05, 3.63) is 23.7 Å². The van der Waals surface area contributed by atoms with Gasteiger partial charge in [0.2, 0.25) is 0 Å². The Kier molecular flexibility index (Phi) is 5.06. The molecule has 0 amide bonds. The highest BCUT2D eigenvalue weighted by Gasteiger charge is 2.30. The summed E-state index contributed by atoms with van der Waals surface area (Å²) >= 11 is 0. The van der Waals surface area contributed by atoms with Gasteiger partial charge in [-0.2, -0.15) is 0 Å². The van der Waals surface area contributed by atoms with Crippen LogP contribution in [0.4, 0.5) is 0 Å². The van der Waals surface area contributed by atoms with Gasteiger partial charge in [0, 0.05) is 12.1 Å². The second-order valence-electron chi connectivity index (χ2n) is 6.25. The molecule has 19 heavy (non-hydrogen) atoms. The lowest BCUT2D eigenvalue weighted by atomic mass is 9.72. The molecule has 1 aromatic heterocycles. The minimum absolute atomic E-state index is 0.415. The van der Waals surface area contributed by atoms with Crippen molar-refractivity contribution in [3.63, 3.8) is 0 Å². The van der Waals surface area contributed by atoms with Crippen LogP contribution in [0.5, 0.6) is 0 Å². The van der Waals surface area contributed by atoms with E-state index in [-0.39, 0.29) is 0 Å². The van der Waals surface area contributed by atoms with Gasteiger partial charge >= 0.3 is 0 Å². The molecule has 0 aromatic carbocycles. The monoisotopic (exact) mass is 264 g/mol. The Balaban J connectivity index is 1.82. The Morgan fingerprint density at radius 3 is 2.63 bits per heavy atom. The highest BCUT2D eigenvalue weighted by molar-refractivity contribution is 5.14. The highest BCUT2D eigenvalue weighted by atomic mass is 16.3. The van der Waals surface area contributed by atoms with E-state index in [4.69, 9.17) is 10.2 Å². The van der Waals surface area contributed by atoms with Crippen LogP contribution in [-0.4, -0.2) is 25.0 Å². The van der Waals surface area contributed by atoms with Crippen LogP contribution in [-0.2, 0) is 6.54 Å². The van der Waals surface area contributed by atoms with Crippen LogP contribution in [0.1, 0.15) is 49.8 Å². The first-order valence-electron chi connectivity index (χ1n) is 7.57. The summed E-state index contributed by atoms with van der Waals surface area (Å²) in [4.78, 5) is 2.39. The van der Waals surface area contributed by atoms with Crippen LogP contribution in [0, 0.1) is 12.3 Å². The summed E-state index contributed by atoms with van der Waals surface area (Å²) in [5.74, 6) is 1.04. The van der Waals surface area contributed by atoms with E-state index in [1.165, 1.54) is 44.1 Å². The molecule has 0 saturated heterocycles. The van der Waals surface area contributed by atoms with Gasteiger partial charge in [-0.05, 0) is 57.8 Å². The van der Waals surface area contributed by atoms with E-state index in [1.807, 2.05) is 6.92 Å². The summed E-state index contributed by atoms with van der Waals surface area (Å²) in [5, 5.41) is 0. The number of hydrogen-bond donors (Lipinski definition) is 1. The number of nitrogens with zero attached hydrogens (tertiary/aromatic N) is 1. The van der Waals surface area contributed by atoms with Crippen molar-refractivity contribution in [2.45, 2.75) is 52.0 Å². The van der Waals surface area contributed by atoms with Crippen LogP contribution < -0.4 is 5.73 Å². The van der Waals surface area contributed by atoms with Crippen LogP contribution in [0.3, 0.4) is 0 Å². The maximum atomic E-state index is 6.05. The summed E-state index contributed by atoms with van der Waals surface area (Å²) in [5.41, 5.74) is 7.76. The third kappa shape index (κ3) is 3.83. The van der Waals surface area contributed by atoms with E-state index in [9.17, 15) is 0 Å². The maximum Gasteiger partial charge on any atom is 0.105 e. The summed E-state index contributed by atoms with van der Waals surface area (Å²) in [7, 11) is 2.19. The van der Waals surface area contributed by atoms with Crippen LogP contribution in [0.25, 0.3) is 0 Å². The summed E-state index contributed by atoms with van der Waals surface area (Å²) in [6, 6.07) is 2.07. The fourth-order valence-corrected chi connectivity index (χ4v) is 3.23. The lowest BCUT2D eigenvalue weighted by Gasteiger charge is -2.37. The van der Waals surface area contributed by atoms with Gasteiger partial charge in [-0.15, -0.1) is 0 Å². The molecule has 108 valence electrons. The topological polar surface area (TPSA) is 42.4 Å². The Morgan fingerprint density at radius 1 is 1.32 bits per heavy atom. The number of rotatable bonds is 6. The van der Waals surface area contributed by atoms with E-state index in [1.54, 1.807) is 6.26 Å². The van der Waals surface area contributed by atoms with Crippen LogP contribution >= 0.6 is 0 Å². The Morgan fingerprint density at radius 2 is 2.05 bits per heavy atom. The molecule has 1 heterocycles. The first-order valence-corrected chi connectivity index (χ1v) is 7.57. The molecule has 1 aromatic rings. The van der Waals surface area contributed by atoms with E-state index >= 15 is 0 Å². The molecule has 0 bridgehead atoms. The smallest absolute Gasteiger partial charge is 0.105 e. The second-order valence-corrected chi connectivity index (χ2v) is 6.25. The van der Waals surface area contributed by atoms with Crippen molar-refractivity contribution in [2.75, 3.05) is 20.1 Å². The molecule has 0 atom stereocenters. The normalized spacial score (nSPS) is 18.9. The van der Waals surface area contributed by atoms with E-state index in [2.05, 4.69) is 18.0 Å². The number of nitrogens with two attached hydrogens (primary N) is 1. The largest absolute Gasteiger partial charge is 0.469 e. The fourth-order valence-electron chi connectivity index (χ4n) is 3.23. The Hall–Kier alpha value is -0.800. The lowest BCUT2D eigenvalue weighted by molar-refractivity contribution is 0.154. The maximum absolute atomic E-state index is 6.05. The number of aryl methyl sites for hydroxylation is 1. The van der Waals surface area contributed by atoms with Gasteiger partial charge in [0.05, 0.1) is 6.26 Å². The molecule has 0 radical (unpaired) electrons. The Labute approximate surface area is 117 Å². The van der Waals surface area contributed by atoms with Crippen molar-refractivity contribution in [1.29, 1.82) is 0 Å². The van der Waals surface area contributed by atoms with Gasteiger partial charge in [0.25, 0.3) is 0 Å². The average molecular weight is 264 g/mol. The van der Waals surface area contributed by atoms with Crippen molar-refractivity contribution in [1.82, 2.24) is 4.90 Å². The molecule has 2 rings (SSSR count). The molecule has 1 aliphatic rings. The number of hydrogen-bond acceptors (Lipinski definition) is 3. The van der Waals surface area contributed by atoms with Gasteiger partial charge < -0.3 is 15.1 Å². The van der Waals surface area contributed by atoms with Crippen molar-refractivity contribution < 1.29 is 4.42 Å². The summed E-state index contributed by atoms with van der Waals surface area (Å²) < 4.78 is 5.35. The minimum Gasteiger partial charge on any atom is -0.469 e. The molecule has 0 unspecified atom stereocenters. The van der Waals surface area contributed by atoms with Crippen molar-refractivity contribution >= 4 is 0 Å². The lowest BCUT2D eigenvalue weighted by Crippen LogP contribution is -2.36. The zero-order valence-corrected chi connectivity index (χ0v) is 12.5. The average Bonchev–Trinajstić information content (AvgIpc) is 2.83. The Bertz CT molecular complexity index is 380. The molecular weight excluding hydrogens is 236 g/mol. The third-order valence-electron chi connectivity index (χ3n) is 4.78. The van der Waals surface area contributed by atoms with Crippen LogP contribution in [0.15, 0.2) is 16.7 Å². The van der Waals surface area contributed by atoms with Gasteiger partial charge in [-0.25, -0.2) is 0 Å². The first kappa shape index (κ1) is 14.6. The molecule has 0 aliphatic heterocycles.